The Hall–Kier alpha value is -1.50. The van der Waals surface area contributed by atoms with Crippen LogP contribution in [-0.4, -0.2) is 82.9 Å². The first kappa shape index (κ1) is 18.8. The van der Waals surface area contributed by atoms with Gasteiger partial charge in [-0.05, 0) is 46.5 Å². The first-order chi connectivity index (χ1) is 11.2. The van der Waals surface area contributed by atoms with Crippen molar-refractivity contribution in [2.24, 2.45) is 5.92 Å². The summed E-state index contributed by atoms with van der Waals surface area (Å²) in [5, 5.41) is 9.03. The van der Waals surface area contributed by atoms with Crippen LogP contribution in [0.5, 0.6) is 0 Å². The van der Waals surface area contributed by atoms with Crippen LogP contribution in [0.1, 0.15) is 40.5 Å². The third kappa shape index (κ3) is 5.00. The molecule has 2 amide bonds. The van der Waals surface area contributed by atoms with Gasteiger partial charge in [-0.2, -0.15) is 0 Å². The maximum atomic E-state index is 12.1. The van der Waals surface area contributed by atoms with Gasteiger partial charge in [0.1, 0.15) is 5.60 Å². The number of hydrogen-bond acceptors (Lipinski definition) is 4. The molecule has 0 aromatic carbocycles. The van der Waals surface area contributed by atoms with E-state index in [1.165, 1.54) is 4.90 Å². The lowest BCUT2D eigenvalue weighted by molar-refractivity contribution is 0.0109. The normalized spacial score (nSPS) is 22.3. The first-order valence-corrected chi connectivity index (χ1v) is 8.87. The van der Waals surface area contributed by atoms with Gasteiger partial charge in [0, 0.05) is 45.3 Å². The quantitative estimate of drug-likeness (QED) is 0.834. The number of amides is 2. The molecule has 1 atom stereocenters. The molecule has 0 aromatic rings. The van der Waals surface area contributed by atoms with Crippen molar-refractivity contribution in [2.45, 2.75) is 52.2 Å². The van der Waals surface area contributed by atoms with Gasteiger partial charge >= 0.3 is 12.2 Å². The summed E-state index contributed by atoms with van der Waals surface area (Å²) >= 11 is 0. The summed E-state index contributed by atoms with van der Waals surface area (Å²) in [5.74, 6) is 0.542. The Morgan fingerprint density at radius 2 is 1.54 bits per heavy atom. The second-order valence-corrected chi connectivity index (χ2v) is 7.85. The lowest BCUT2D eigenvalue weighted by Gasteiger charge is -2.42. The zero-order chi connectivity index (χ0) is 17.9. The molecular formula is C17H31N3O4. The van der Waals surface area contributed by atoms with Crippen LogP contribution < -0.4 is 0 Å². The van der Waals surface area contributed by atoms with E-state index in [4.69, 9.17) is 9.84 Å². The predicted octanol–water partition coefficient (Wildman–Crippen LogP) is 2.32. The predicted molar refractivity (Wildman–Crippen MR) is 91.2 cm³/mol. The molecule has 0 bridgehead atoms. The SMILES string of the molecule is CC(C1CCN(C(=O)OC(C)(C)C)CC1)N1CCN(C(=O)O)CC1. The monoisotopic (exact) mass is 341 g/mol. The first-order valence-electron chi connectivity index (χ1n) is 8.87. The van der Waals surface area contributed by atoms with Crippen LogP contribution in [0, 0.1) is 5.92 Å². The Labute approximate surface area is 144 Å². The summed E-state index contributed by atoms with van der Waals surface area (Å²) in [4.78, 5) is 28.8. The lowest BCUT2D eigenvalue weighted by atomic mass is 9.89. The number of carbonyl (C=O) groups excluding carboxylic acids is 1. The molecule has 24 heavy (non-hydrogen) atoms. The molecule has 2 aliphatic heterocycles. The summed E-state index contributed by atoms with van der Waals surface area (Å²) < 4.78 is 5.44. The molecule has 0 radical (unpaired) electrons. The lowest BCUT2D eigenvalue weighted by Crippen LogP contribution is -2.54. The van der Waals surface area contributed by atoms with Gasteiger partial charge in [0.05, 0.1) is 0 Å². The Morgan fingerprint density at radius 3 is 2.00 bits per heavy atom. The average molecular weight is 341 g/mol. The Bertz CT molecular complexity index is 447. The number of hydrogen-bond donors (Lipinski definition) is 1. The second-order valence-electron chi connectivity index (χ2n) is 7.85. The number of carbonyl (C=O) groups is 2. The van der Waals surface area contributed by atoms with E-state index in [1.807, 2.05) is 20.8 Å². The van der Waals surface area contributed by atoms with Gasteiger partial charge in [0.2, 0.25) is 0 Å². The average Bonchev–Trinajstić information content (AvgIpc) is 2.53. The van der Waals surface area contributed by atoms with Crippen molar-refractivity contribution >= 4 is 12.2 Å². The number of ether oxygens (including phenoxy) is 1. The van der Waals surface area contributed by atoms with Crippen molar-refractivity contribution in [3.05, 3.63) is 0 Å². The van der Waals surface area contributed by atoms with E-state index in [2.05, 4.69) is 11.8 Å². The highest BCUT2D eigenvalue weighted by Crippen LogP contribution is 2.26. The Balaban J connectivity index is 1.78. The molecule has 2 aliphatic rings. The number of likely N-dealkylation sites (tertiary alicyclic amines) is 1. The molecule has 2 rings (SSSR count). The number of piperazine rings is 1. The standard InChI is InChI=1S/C17H31N3O4/c1-13(18-9-11-19(12-10-18)15(21)22)14-5-7-20(8-6-14)16(23)24-17(2,3)4/h13-14H,5-12H2,1-4H3,(H,21,22). The van der Waals surface area contributed by atoms with Crippen LogP contribution >= 0.6 is 0 Å². The number of carboxylic acid groups (broad SMARTS) is 1. The van der Waals surface area contributed by atoms with Gasteiger partial charge in [-0.1, -0.05) is 0 Å². The maximum absolute atomic E-state index is 12.1. The van der Waals surface area contributed by atoms with Crippen molar-refractivity contribution in [1.29, 1.82) is 0 Å². The molecule has 1 unspecified atom stereocenters. The van der Waals surface area contributed by atoms with Crippen LogP contribution in [-0.2, 0) is 4.74 Å². The van der Waals surface area contributed by atoms with Crippen LogP contribution in [0.25, 0.3) is 0 Å². The summed E-state index contributed by atoms with van der Waals surface area (Å²) in [6.07, 6.45) is 0.899. The summed E-state index contributed by atoms with van der Waals surface area (Å²) in [6.45, 7) is 12.1. The van der Waals surface area contributed by atoms with Crippen LogP contribution in [0.15, 0.2) is 0 Å². The molecule has 0 aliphatic carbocycles. The van der Waals surface area contributed by atoms with Crippen molar-refractivity contribution in [3.8, 4) is 0 Å². The van der Waals surface area contributed by atoms with Gasteiger partial charge in [-0.25, -0.2) is 9.59 Å². The fourth-order valence-corrected chi connectivity index (χ4v) is 3.51. The molecule has 0 spiro atoms. The molecule has 0 aromatic heterocycles. The van der Waals surface area contributed by atoms with Crippen molar-refractivity contribution in [1.82, 2.24) is 14.7 Å². The molecule has 7 nitrogen and oxygen atoms in total. The Kier molecular flexibility index (Phi) is 5.96. The number of nitrogens with zero attached hydrogens (tertiary/aromatic N) is 3. The zero-order valence-corrected chi connectivity index (χ0v) is 15.3. The highest BCUT2D eigenvalue weighted by Gasteiger charge is 2.32. The topological polar surface area (TPSA) is 73.3 Å². The molecule has 138 valence electrons. The fourth-order valence-electron chi connectivity index (χ4n) is 3.51. The molecule has 1 N–H and O–H groups in total. The van der Waals surface area contributed by atoms with E-state index >= 15 is 0 Å². The van der Waals surface area contributed by atoms with Crippen molar-refractivity contribution in [3.63, 3.8) is 0 Å². The van der Waals surface area contributed by atoms with Gasteiger partial charge in [-0.15, -0.1) is 0 Å². The summed E-state index contributed by atoms with van der Waals surface area (Å²) in [7, 11) is 0. The molecule has 2 fully saturated rings. The third-order valence-electron chi connectivity index (χ3n) is 5.03. The van der Waals surface area contributed by atoms with E-state index in [9.17, 15) is 9.59 Å². The minimum Gasteiger partial charge on any atom is -0.465 e. The van der Waals surface area contributed by atoms with Gasteiger partial charge in [0.25, 0.3) is 0 Å². The van der Waals surface area contributed by atoms with Crippen LogP contribution in [0.4, 0.5) is 9.59 Å². The summed E-state index contributed by atoms with van der Waals surface area (Å²) in [6, 6.07) is 0.418. The molecule has 2 saturated heterocycles. The fraction of sp³-hybridized carbons (Fsp3) is 0.882. The van der Waals surface area contributed by atoms with Gasteiger partial charge in [0.15, 0.2) is 0 Å². The van der Waals surface area contributed by atoms with Gasteiger partial charge in [-0.3, -0.25) is 4.90 Å². The minimum atomic E-state index is -0.826. The van der Waals surface area contributed by atoms with Crippen LogP contribution in [0.3, 0.4) is 0 Å². The largest absolute Gasteiger partial charge is 0.465 e. The van der Waals surface area contributed by atoms with E-state index in [1.54, 1.807) is 4.90 Å². The highest BCUT2D eigenvalue weighted by atomic mass is 16.6. The second kappa shape index (κ2) is 7.59. The Morgan fingerprint density at radius 1 is 1.00 bits per heavy atom. The maximum Gasteiger partial charge on any atom is 0.410 e. The third-order valence-corrected chi connectivity index (χ3v) is 5.03. The molecular weight excluding hydrogens is 310 g/mol. The molecule has 2 heterocycles. The van der Waals surface area contributed by atoms with Crippen LogP contribution in [0.2, 0.25) is 0 Å². The smallest absolute Gasteiger partial charge is 0.410 e. The summed E-state index contributed by atoms with van der Waals surface area (Å²) in [5.41, 5.74) is -0.453. The number of piperidine rings is 1. The number of rotatable bonds is 2. The zero-order valence-electron chi connectivity index (χ0n) is 15.3. The van der Waals surface area contributed by atoms with Crippen molar-refractivity contribution < 1.29 is 19.4 Å². The van der Waals surface area contributed by atoms with Crippen molar-refractivity contribution in [2.75, 3.05) is 39.3 Å². The van der Waals surface area contributed by atoms with Gasteiger partial charge < -0.3 is 19.6 Å². The van der Waals surface area contributed by atoms with E-state index in [0.717, 1.165) is 39.0 Å². The van der Waals surface area contributed by atoms with E-state index in [0.29, 0.717) is 25.0 Å². The molecule has 7 heteroatoms. The van der Waals surface area contributed by atoms with E-state index in [-0.39, 0.29) is 6.09 Å². The highest BCUT2D eigenvalue weighted by molar-refractivity contribution is 5.68. The molecule has 0 saturated carbocycles. The van der Waals surface area contributed by atoms with E-state index < -0.39 is 11.7 Å². The minimum absolute atomic E-state index is 0.219.